The van der Waals surface area contributed by atoms with Crippen molar-refractivity contribution in [1.29, 1.82) is 0 Å². The Labute approximate surface area is 118 Å². The summed E-state index contributed by atoms with van der Waals surface area (Å²) in [5.41, 5.74) is 2.74. The van der Waals surface area contributed by atoms with Crippen molar-refractivity contribution in [2.45, 2.75) is 20.8 Å². The van der Waals surface area contributed by atoms with E-state index in [9.17, 15) is 9.59 Å². The fourth-order valence-corrected chi connectivity index (χ4v) is 2.39. The molecule has 20 heavy (non-hydrogen) atoms. The average molecular weight is 271 g/mol. The highest BCUT2D eigenvalue weighted by Gasteiger charge is 2.30. The van der Waals surface area contributed by atoms with Crippen LogP contribution in [0.2, 0.25) is 0 Å². The smallest absolute Gasteiger partial charge is 0.174 e. The molecule has 0 spiro atoms. The van der Waals surface area contributed by atoms with Crippen molar-refractivity contribution in [2.24, 2.45) is 0 Å². The number of hydrogen-bond donors (Lipinski definition) is 0. The van der Waals surface area contributed by atoms with Crippen molar-refractivity contribution >= 4 is 17.3 Å². The van der Waals surface area contributed by atoms with Gasteiger partial charge in [0.05, 0.1) is 5.70 Å². The van der Waals surface area contributed by atoms with Gasteiger partial charge in [0, 0.05) is 18.2 Å². The predicted molar refractivity (Wildman–Crippen MR) is 76.3 cm³/mol. The minimum absolute atomic E-state index is 0.111. The lowest BCUT2D eigenvalue weighted by atomic mass is 10.0. The average Bonchev–Trinajstić information content (AvgIpc) is 2.65. The van der Waals surface area contributed by atoms with Crippen LogP contribution in [-0.4, -0.2) is 23.7 Å². The third-order valence-corrected chi connectivity index (χ3v) is 3.22. The number of benzene rings is 1. The molecule has 4 nitrogen and oxygen atoms in total. The van der Waals surface area contributed by atoms with Crippen LogP contribution < -0.4 is 0 Å². The minimum atomic E-state index is -0.283. The Hall–Kier alpha value is -2.36. The normalized spacial score (nSPS) is 14.4. The lowest BCUT2D eigenvalue weighted by Crippen LogP contribution is -2.14. The van der Waals surface area contributed by atoms with Crippen LogP contribution in [0.4, 0.5) is 0 Å². The van der Waals surface area contributed by atoms with Gasteiger partial charge in [-0.2, -0.15) is 0 Å². The molecule has 1 aliphatic heterocycles. The fourth-order valence-electron chi connectivity index (χ4n) is 2.39. The lowest BCUT2D eigenvalue weighted by Gasteiger charge is -2.15. The summed E-state index contributed by atoms with van der Waals surface area (Å²) in [5, 5.41) is 1.59. The maximum absolute atomic E-state index is 11.7. The molecule has 0 saturated carbocycles. The first-order chi connectivity index (χ1) is 9.43. The Kier molecular flexibility index (Phi) is 3.74. The number of Topliss-reactive ketones (excluding diaryl/α,β-unsaturated/α-hetero) is 2. The van der Waals surface area contributed by atoms with E-state index in [2.05, 4.69) is 0 Å². The molecule has 1 aliphatic rings. The number of allylic oxidation sites excluding steroid dienone is 2. The topological polar surface area (TPSA) is 46.6 Å². The molecule has 0 N–H and O–H groups in total. The molecule has 0 atom stereocenters. The van der Waals surface area contributed by atoms with Gasteiger partial charge in [-0.15, -0.1) is 0 Å². The van der Waals surface area contributed by atoms with Crippen molar-refractivity contribution in [2.75, 3.05) is 7.05 Å². The zero-order valence-electron chi connectivity index (χ0n) is 12.1. The van der Waals surface area contributed by atoms with E-state index in [1.165, 1.54) is 13.8 Å². The Balaban J connectivity index is 2.62. The van der Waals surface area contributed by atoms with Gasteiger partial charge in [0.2, 0.25) is 0 Å². The highest BCUT2D eigenvalue weighted by molar-refractivity contribution is 6.19. The maximum atomic E-state index is 11.7. The summed E-state index contributed by atoms with van der Waals surface area (Å²) < 4.78 is 0. The molecular formula is C16H17NO3. The van der Waals surface area contributed by atoms with E-state index in [-0.39, 0.29) is 17.1 Å². The van der Waals surface area contributed by atoms with E-state index in [0.717, 1.165) is 16.8 Å². The number of ketones is 2. The molecule has 0 aliphatic carbocycles. The molecule has 1 aromatic carbocycles. The molecule has 4 heteroatoms. The van der Waals surface area contributed by atoms with Crippen LogP contribution in [0.3, 0.4) is 0 Å². The van der Waals surface area contributed by atoms with Gasteiger partial charge in [0.25, 0.3) is 0 Å². The molecular weight excluding hydrogens is 254 g/mol. The van der Waals surface area contributed by atoms with Gasteiger partial charge in [-0.1, -0.05) is 30.3 Å². The van der Waals surface area contributed by atoms with Gasteiger partial charge >= 0.3 is 0 Å². The number of hydrogen-bond acceptors (Lipinski definition) is 4. The summed E-state index contributed by atoms with van der Waals surface area (Å²) in [6.07, 6.45) is 0. The second kappa shape index (κ2) is 5.33. The van der Waals surface area contributed by atoms with E-state index >= 15 is 0 Å². The standard InChI is InChI=1S/C16H17NO3/c1-10-15(13-8-6-5-7-9-13)17(4)20-16(10)14(11(2)18)12(3)19/h5-9H,1-4H3. The highest BCUT2D eigenvalue weighted by Crippen LogP contribution is 2.36. The summed E-state index contributed by atoms with van der Waals surface area (Å²) in [7, 11) is 1.76. The van der Waals surface area contributed by atoms with Crippen LogP contribution in [-0.2, 0) is 14.4 Å². The number of rotatable bonds is 3. The Bertz CT molecular complexity index is 610. The molecule has 0 amide bonds. The molecule has 1 heterocycles. The number of carbonyl (C=O) groups is 2. The van der Waals surface area contributed by atoms with Crippen LogP contribution in [0.15, 0.2) is 47.2 Å². The van der Waals surface area contributed by atoms with Gasteiger partial charge in [-0.05, 0) is 20.8 Å². The van der Waals surface area contributed by atoms with Crippen LogP contribution in [0, 0.1) is 0 Å². The van der Waals surface area contributed by atoms with Crippen molar-refractivity contribution in [3.05, 3.63) is 52.8 Å². The van der Waals surface area contributed by atoms with E-state index in [1.807, 2.05) is 37.3 Å². The van der Waals surface area contributed by atoms with Crippen molar-refractivity contribution in [3.8, 4) is 0 Å². The first-order valence-electron chi connectivity index (χ1n) is 6.38. The third-order valence-electron chi connectivity index (χ3n) is 3.22. The van der Waals surface area contributed by atoms with Gasteiger partial charge in [-0.3, -0.25) is 9.59 Å². The molecule has 0 unspecified atom stereocenters. The molecule has 0 bridgehead atoms. The second-order valence-corrected chi connectivity index (χ2v) is 4.74. The minimum Gasteiger partial charge on any atom is -0.379 e. The zero-order chi connectivity index (χ0) is 14.9. The summed E-state index contributed by atoms with van der Waals surface area (Å²) in [6, 6.07) is 9.72. The number of hydroxylamine groups is 2. The first-order valence-corrected chi connectivity index (χ1v) is 6.38. The molecule has 104 valence electrons. The molecule has 0 fully saturated rings. The molecule has 0 aromatic heterocycles. The largest absolute Gasteiger partial charge is 0.379 e. The monoisotopic (exact) mass is 271 g/mol. The SMILES string of the molecule is CC(=O)C(C(C)=O)=C1ON(C)C(c2ccccc2)=C1C. The number of carbonyl (C=O) groups excluding carboxylic acids is 2. The lowest BCUT2D eigenvalue weighted by molar-refractivity contribution is -0.120. The molecule has 1 aromatic rings. The van der Waals surface area contributed by atoms with Crippen LogP contribution in [0.5, 0.6) is 0 Å². The first kappa shape index (κ1) is 14.1. The molecule has 0 radical (unpaired) electrons. The van der Waals surface area contributed by atoms with E-state index in [1.54, 1.807) is 12.1 Å². The van der Waals surface area contributed by atoms with Crippen molar-refractivity contribution in [1.82, 2.24) is 5.06 Å². The summed E-state index contributed by atoms with van der Waals surface area (Å²) in [4.78, 5) is 29.0. The summed E-state index contributed by atoms with van der Waals surface area (Å²) >= 11 is 0. The van der Waals surface area contributed by atoms with Gasteiger partial charge in [-0.25, -0.2) is 5.06 Å². The highest BCUT2D eigenvalue weighted by atomic mass is 16.7. The van der Waals surface area contributed by atoms with Crippen LogP contribution in [0.1, 0.15) is 26.3 Å². The maximum Gasteiger partial charge on any atom is 0.174 e. The fraction of sp³-hybridized carbons (Fsp3) is 0.250. The third kappa shape index (κ3) is 2.37. The van der Waals surface area contributed by atoms with Gasteiger partial charge in [0.1, 0.15) is 5.57 Å². The van der Waals surface area contributed by atoms with E-state index in [4.69, 9.17) is 4.84 Å². The number of nitrogens with zero attached hydrogens (tertiary/aromatic N) is 1. The molecule has 0 saturated heterocycles. The second-order valence-electron chi connectivity index (χ2n) is 4.74. The zero-order valence-corrected chi connectivity index (χ0v) is 12.1. The predicted octanol–water partition coefficient (Wildman–Crippen LogP) is 2.73. The van der Waals surface area contributed by atoms with Crippen LogP contribution in [0.25, 0.3) is 5.70 Å². The summed E-state index contributed by atoms with van der Waals surface area (Å²) in [6.45, 7) is 4.61. The summed E-state index contributed by atoms with van der Waals surface area (Å²) in [5.74, 6) is -0.213. The Morgan fingerprint density at radius 1 is 1.05 bits per heavy atom. The van der Waals surface area contributed by atoms with Crippen molar-refractivity contribution < 1.29 is 14.4 Å². The Morgan fingerprint density at radius 2 is 1.60 bits per heavy atom. The van der Waals surface area contributed by atoms with Crippen molar-refractivity contribution in [3.63, 3.8) is 0 Å². The Morgan fingerprint density at radius 3 is 2.10 bits per heavy atom. The van der Waals surface area contributed by atoms with E-state index in [0.29, 0.717) is 5.76 Å². The van der Waals surface area contributed by atoms with Gasteiger partial charge < -0.3 is 4.84 Å². The molecule has 2 rings (SSSR count). The van der Waals surface area contributed by atoms with Crippen LogP contribution >= 0.6 is 0 Å². The van der Waals surface area contributed by atoms with E-state index < -0.39 is 0 Å². The van der Waals surface area contributed by atoms with Gasteiger partial charge in [0.15, 0.2) is 17.3 Å². The quantitative estimate of drug-likeness (QED) is 0.482.